The van der Waals surface area contributed by atoms with Crippen LogP contribution in [0.15, 0.2) is 65.4 Å². The molecule has 0 unspecified atom stereocenters. The number of benzene rings is 1. The lowest BCUT2D eigenvalue weighted by molar-refractivity contribution is -0.120. The van der Waals surface area contributed by atoms with Gasteiger partial charge in [0.25, 0.3) is 0 Å². The van der Waals surface area contributed by atoms with Crippen molar-refractivity contribution in [3.8, 4) is 11.3 Å². The Kier molecular flexibility index (Phi) is 4.25. The first-order valence-electron chi connectivity index (χ1n) is 6.98. The smallest absolute Gasteiger partial charge is 0.227 e. The number of hydrogen-bond donors (Lipinski definition) is 1. The number of aromatic nitrogens is 2. The molecule has 0 atom stereocenters. The normalized spacial score (nSPS) is 10.4. The summed E-state index contributed by atoms with van der Waals surface area (Å²) < 4.78 is 5.22. The molecule has 0 fully saturated rings. The predicted octanol–water partition coefficient (Wildman–Crippen LogP) is 2.60. The lowest BCUT2D eigenvalue weighted by atomic mass is 10.1. The van der Waals surface area contributed by atoms with Crippen LogP contribution in [0.3, 0.4) is 0 Å². The van der Waals surface area contributed by atoms with E-state index in [9.17, 15) is 4.79 Å². The molecule has 2 aromatic heterocycles. The maximum absolute atomic E-state index is 11.9. The van der Waals surface area contributed by atoms with E-state index in [4.69, 9.17) is 4.52 Å². The second-order valence-corrected chi connectivity index (χ2v) is 4.86. The van der Waals surface area contributed by atoms with Crippen LogP contribution in [0.4, 0.5) is 0 Å². The molecule has 1 aromatic carbocycles. The third-order valence-corrected chi connectivity index (χ3v) is 3.18. The van der Waals surface area contributed by atoms with Crippen molar-refractivity contribution in [1.29, 1.82) is 0 Å². The van der Waals surface area contributed by atoms with Crippen molar-refractivity contribution in [2.75, 3.05) is 0 Å². The number of nitrogens with one attached hydrogen (secondary N) is 1. The largest absolute Gasteiger partial charge is 0.360 e. The maximum atomic E-state index is 11.9. The van der Waals surface area contributed by atoms with Crippen LogP contribution >= 0.6 is 0 Å². The zero-order valence-electron chi connectivity index (χ0n) is 11.9. The Morgan fingerprint density at radius 1 is 1.14 bits per heavy atom. The van der Waals surface area contributed by atoms with Gasteiger partial charge in [-0.2, -0.15) is 0 Å². The first-order chi connectivity index (χ1) is 10.8. The van der Waals surface area contributed by atoms with E-state index in [0.29, 0.717) is 12.3 Å². The van der Waals surface area contributed by atoms with Gasteiger partial charge >= 0.3 is 0 Å². The zero-order valence-corrected chi connectivity index (χ0v) is 11.9. The highest BCUT2D eigenvalue weighted by atomic mass is 16.5. The van der Waals surface area contributed by atoms with Crippen molar-refractivity contribution in [2.45, 2.75) is 13.0 Å². The molecule has 0 aliphatic rings. The minimum Gasteiger partial charge on any atom is -0.360 e. The summed E-state index contributed by atoms with van der Waals surface area (Å²) >= 11 is 0. The Labute approximate surface area is 128 Å². The standard InChI is InChI=1S/C17H15N3O2/c21-17(19-12-13-5-4-8-18-11-13)10-15-9-16(20-22-15)14-6-2-1-3-7-14/h1-9,11H,10,12H2,(H,19,21). The zero-order chi connectivity index (χ0) is 15.2. The molecule has 3 aromatic rings. The van der Waals surface area contributed by atoms with Gasteiger partial charge in [-0.1, -0.05) is 41.6 Å². The summed E-state index contributed by atoms with van der Waals surface area (Å²) in [6, 6.07) is 15.2. The Hall–Kier alpha value is -2.95. The first-order valence-corrected chi connectivity index (χ1v) is 6.98. The van der Waals surface area contributed by atoms with Gasteiger partial charge < -0.3 is 9.84 Å². The number of carbonyl (C=O) groups excluding carboxylic acids is 1. The molecule has 0 saturated carbocycles. The third kappa shape index (κ3) is 3.58. The highest BCUT2D eigenvalue weighted by Crippen LogP contribution is 2.18. The van der Waals surface area contributed by atoms with Gasteiger partial charge in [-0.05, 0) is 11.6 Å². The molecule has 110 valence electrons. The van der Waals surface area contributed by atoms with Crippen LogP contribution in [-0.2, 0) is 17.8 Å². The first kappa shape index (κ1) is 14.0. The highest BCUT2D eigenvalue weighted by Gasteiger charge is 2.10. The molecule has 0 radical (unpaired) electrons. The SMILES string of the molecule is O=C(Cc1cc(-c2ccccc2)no1)NCc1cccnc1. The van der Waals surface area contributed by atoms with Crippen LogP contribution in [0, 0.1) is 0 Å². The number of rotatable bonds is 5. The molecule has 1 N–H and O–H groups in total. The van der Waals surface area contributed by atoms with Crippen molar-refractivity contribution >= 4 is 5.91 Å². The lowest BCUT2D eigenvalue weighted by Crippen LogP contribution is -2.24. The molecule has 5 heteroatoms. The molecular formula is C17H15N3O2. The molecule has 0 aliphatic carbocycles. The Balaban J connectivity index is 1.57. The van der Waals surface area contributed by atoms with Crippen LogP contribution < -0.4 is 5.32 Å². The van der Waals surface area contributed by atoms with E-state index in [-0.39, 0.29) is 12.3 Å². The molecular weight excluding hydrogens is 278 g/mol. The van der Waals surface area contributed by atoms with E-state index in [1.54, 1.807) is 18.5 Å². The number of pyridine rings is 1. The molecule has 2 heterocycles. The van der Waals surface area contributed by atoms with E-state index in [0.717, 1.165) is 16.8 Å². The molecule has 22 heavy (non-hydrogen) atoms. The van der Waals surface area contributed by atoms with Gasteiger partial charge in [-0.15, -0.1) is 0 Å². The summed E-state index contributed by atoms with van der Waals surface area (Å²) in [6.45, 7) is 0.451. The second-order valence-electron chi connectivity index (χ2n) is 4.86. The van der Waals surface area contributed by atoms with E-state index in [1.165, 1.54) is 0 Å². The van der Waals surface area contributed by atoms with Crippen LogP contribution in [-0.4, -0.2) is 16.0 Å². The third-order valence-electron chi connectivity index (χ3n) is 3.18. The van der Waals surface area contributed by atoms with E-state index < -0.39 is 0 Å². The average molecular weight is 293 g/mol. The monoisotopic (exact) mass is 293 g/mol. The molecule has 0 bridgehead atoms. The lowest BCUT2D eigenvalue weighted by Gasteiger charge is -2.02. The summed E-state index contributed by atoms with van der Waals surface area (Å²) in [5.74, 6) is 0.433. The van der Waals surface area contributed by atoms with Crippen molar-refractivity contribution < 1.29 is 9.32 Å². The summed E-state index contributed by atoms with van der Waals surface area (Å²) in [4.78, 5) is 15.9. The summed E-state index contributed by atoms with van der Waals surface area (Å²) in [6.07, 6.45) is 3.59. The van der Waals surface area contributed by atoms with Gasteiger partial charge in [0.05, 0.1) is 6.42 Å². The van der Waals surface area contributed by atoms with E-state index in [2.05, 4.69) is 15.5 Å². The van der Waals surface area contributed by atoms with Crippen LogP contribution in [0.25, 0.3) is 11.3 Å². The van der Waals surface area contributed by atoms with Gasteiger partial charge in [0.15, 0.2) is 0 Å². The molecule has 3 rings (SSSR count). The fraction of sp³-hybridized carbons (Fsp3) is 0.118. The summed E-state index contributed by atoms with van der Waals surface area (Å²) in [5, 5.41) is 6.82. The Morgan fingerprint density at radius 3 is 2.77 bits per heavy atom. The van der Waals surface area contributed by atoms with Gasteiger partial charge in [-0.25, -0.2) is 0 Å². The van der Waals surface area contributed by atoms with Crippen molar-refractivity contribution in [1.82, 2.24) is 15.5 Å². The molecule has 1 amide bonds. The van der Waals surface area contributed by atoms with E-state index >= 15 is 0 Å². The van der Waals surface area contributed by atoms with Gasteiger partial charge in [0.2, 0.25) is 5.91 Å². The second kappa shape index (κ2) is 6.67. The fourth-order valence-electron chi connectivity index (χ4n) is 2.07. The van der Waals surface area contributed by atoms with Crippen LogP contribution in [0.2, 0.25) is 0 Å². The topological polar surface area (TPSA) is 68.0 Å². The van der Waals surface area contributed by atoms with Crippen LogP contribution in [0.5, 0.6) is 0 Å². The Morgan fingerprint density at radius 2 is 2.00 bits per heavy atom. The van der Waals surface area contributed by atoms with Gasteiger partial charge in [-0.3, -0.25) is 9.78 Å². The fourth-order valence-corrected chi connectivity index (χ4v) is 2.07. The Bertz CT molecular complexity index is 739. The number of hydrogen-bond acceptors (Lipinski definition) is 4. The van der Waals surface area contributed by atoms with Crippen molar-refractivity contribution in [3.05, 3.63) is 72.2 Å². The average Bonchev–Trinajstić information content (AvgIpc) is 3.03. The number of carbonyl (C=O) groups is 1. The minimum absolute atomic E-state index is 0.111. The van der Waals surface area contributed by atoms with Gasteiger partial charge in [0.1, 0.15) is 11.5 Å². The van der Waals surface area contributed by atoms with E-state index in [1.807, 2.05) is 42.5 Å². The summed E-state index contributed by atoms with van der Waals surface area (Å²) in [5.41, 5.74) is 2.65. The quantitative estimate of drug-likeness (QED) is 0.785. The van der Waals surface area contributed by atoms with Gasteiger partial charge in [0, 0.05) is 30.6 Å². The molecule has 0 spiro atoms. The number of amides is 1. The maximum Gasteiger partial charge on any atom is 0.227 e. The van der Waals surface area contributed by atoms with Crippen LogP contribution in [0.1, 0.15) is 11.3 Å². The summed E-state index contributed by atoms with van der Waals surface area (Å²) in [7, 11) is 0. The highest BCUT2D eigenvalue weighted by molar-refractivity contribution is 5.78. The number of nitrogens with zero attached hydrogens (tertiary/aromatic N) is 2. The van der Waals surface area contributed by atoms with Crippen molar-refractivity contribution in [2.24, 2.45) is 0 Å². The predicted molar refractivity (Wildman–Crippen MR) is 81.7 cm³/mol. The van der Waals surface area contributed by atoms with Crippen molar-refractivity contribution in [3.63, 3.8) is 0 Å². The molecule has 0 aliphatic heterocycles. The molecule has 0 saturated heterocycles. The minimum atomic E-state index is -0.111. The molecule has 5 nitrogen and oxygen atoms in total.